The predicted octanol–water partition coefficient (Wildman–Crippen LogP) is 3.56. The average Bonchev–Trinajstić information content (AvgIpc) is 3.23. The Morgan fingerprint density at radius 2 is 2.00 bits per heavy atom. The molecule has 3 fully saturated rings. The molecule has 2 unspecified atom stereocenters. The molecule has 0 aliphatic heterocycles. The number of nitriles is 1. The Hall–Kier alpha value is -3.61. The number of hydrogen-bond acceptors (Lipinski definition) is 7. The molecule has 2 bridgehead atoms. The molecule has 0 aromatic carbocycles. The van der Waals surface area contributed by atoms with E-state index >= 15 is 0 Å². The zero-order valence-electron chi connectivity index (χ0n) is 17.2. The lowest BCUT2D eigenvalue weighted by Gasteiger charge is -2.47. The van der Waals surface area contributed by atoms with E-state index in [9.17, 15) is 18.8 Å². The third-order valence-electron chi connectivity index (χ3n) is 6.71. The summed E-state index contributed by atoms with van der Waals surface area (Å²) in [7, 11) is 1.36. The first-order valence-electron chi connectivity index (χ1n) is 10.4. The highest BCUT2D eigenvalue weighted by molar-refractivity contribution is 5.91. The standard InChI is InChI=1S/C22H20F2N6O2/c1-32-22(31)16-10-2-4-11(5-3-10)17(16)27-21-15(24)6-12(8-25)18(28-21)19-14-7-13(23)9-26-20(14)30-29-19/h6-7,9-11,16-17H,2-5H2,1H3,(H,27,28)(H,26,29,30). The van der Waals surface area contributed by atoms with Gasteiger partial charge in [0.25, 0.3) is 0 Å². The maximum absolute atomic E-state index is 15.0. The predicted molar refractivity (Wildman–Crippen MR) is 110 cm³/mol. The zero-order valence-corrected chi connectivity index (χ0v) is 17.2. The van der Waals surface area contributed by atoms with Crippen molar-refractivity contribution >= 4 is 22.8 Å². The lowest BCUT2D eigenvalue weighted by atomic mass is 9.61. The first kappa shape index (κ1) is 20.3. The lowest BCUT2D eigenvalue weighted by molar-refractivity contribution is -0.152. The molecule has 32 heavy (non-hydrogen) atoms. The number of methoxy groups -OCH3 is 1. The van der Waals surface area contributed by atoms with Crippen LogP contribution in [-0.2, 0) is 9.53 Å². The van der Waals surface area contributed by atoms with Gasteiger partial charge in [-0.1, -0.05) is 0 Å². The maximum atomic E-state index is 15.0. The first-order valence-corrected chi connectivity index (χ1v) is 10.4. The van der Waals surface area contributed by atoms with E-state index in [-0.39, 0.29) is 58.2 Å². The van der Waals surface area contributed by atoms with Crippen LogP contribution in [0.3, 0.4) is 0 Å². The number of halogens is 2. The van der Waals surface area contributed by atoms with Crippen LogP contribution in [0.25, 0.3) is 22.4 Å². The summed E-state index contributed by atoms with van der Waals surface area (Å²) in [5.74, 6) is -1.68. The van der Waals surface area contributed by atoms with Gasteiger partial charge in [0.1, 0.15) is 17.6 Å². The Kier molecular flexibility index (Phi) is 4.96. The van der Waals surface area contributed by atoms with Crippen molar-refractivity contribution in [3.8, 4) is 17.5 Å². The van der Waals surface area contributed by atoms with E-state index < -0.39 is 11.6 Å². The molecule has 10 heteroatoms. The number of nitrogens with zero attached hydrogens (tertiary/aromatic N) is 4. The molecule has 3 aliphatic rings. The van der Waals surface area contributed by atoms with Gasteiger partial charge in [-0.3, -0.25) is 9.89 Å². The molecule has 6 rings (SSSR count). The van der Waals surface area contributed by atoms with Crippen LogP contribution in [0, 0.1) is 40.7 Å². The number of carbonyl (C=O) groups excluding carboxylic acids is 1. The highest BCUT2D eigenvalue weighted by Gasteiger charge is 2.48. The molecule has 164 valence electrons. The normalized spacial score (nSPS) is 24.3. The van der Waals surface area contributed by atoms with Crippen molar-refractivity contribution in [1.82, 2.24) is 20.2 Å². The van der Waals surface area contributed by atoms with Crippen molar-refractivity contribution in [1.29, 1.82) is 5.26 Å². The second-order valence-corrected chi connectivity index (χ2v) is 8.34. The third kappa shape index (κ3) is 3.25. The van der Waals surface area contributed by atoms with Crippen LogP contribution in [-0.4, -0.2) is 39.3 Å². The van der Waals surface area contributed by atoms with E-state index in [4.69, 9.17) is 4.74 Å². The number of carbonyl (C=O) groups is 1. The summed E-state index contributed by atoms with van der Waals surface area (Å²) < 4.78 is 33.8. The summed E-state index contributed by atoms with van der Waals surface area (Å²) in [6.45, 7) is 0. The monoisotopic (exact) mass is 438 g/mol. The van der Waals surface area contributed by atoms with Crippen molar-refractivity contribution < 1.29 is 18.3 Å². The molecule has 0 radical (unpaired) electrons. The number of H-pyrrole nitrogens is 1. The Morgan fingerprint density at radius 3 is 2.72 bits per heavy atom. The highest BCUT2D eigenvalue weighted by Crippen LogP contribution is 2.47. The van der Waals surface area contributed by atoms with E-state index in [2.05, 4.69) is 25.5 Å². The minimum atomic E-state index is -0.705. The quantitative estimate of drug-likeness (QED) is 0.598. The molecule has 8 nitrogen and oxygen atoms in total. The van der Waals surface area contributed by atoms with Crippen molar-refractivity contribution in [2.45, 2.75) is 31.7 Å². The molecule has 0 amide bonds. The number of esters is 1. The average molecular weight is 438 g/mol. The third-order valence-corrected chi connectivity index (χ3v) is 6.71. The highest BCUT2D eigenvalue weighted by atomic mass is 19.1. The first-order chi connectivity index (χ1) is 15.5. The Balaban J connectivity index is 1.57. The van der Waals surface area contributed by atoms with Gasteiger partial charge in [-0.15, -0.1) is 0 Å². The number of aromatic nitrogens is 4. The molecule has 0 spiro atoms. The Bertz CT molecular complexity index is 1250. The molecule has 3 aromatic rings. The second-order valence-electron chi connectivity index (χ2n) is 8.34. The van der Waals surface area contributed by atoms with E-state index in [0.717, 1.165) is 37.9 Å². The molecule has 3 heterocycles. The molecule has 0 saturated heterocycles. The van der Waals surface area contributed by atoms with Gasteiger partial charge in [-0.25, -0.2) is 18.7 Å². The molecule has 3 aliphatic carbocycles. The van der Waals surface area contributed by atoms with Crippen molar-refractivity contribution in [3.63, 3.8) is 0 Å². The van der Waals surface area contributed by atoms with Gasteiger partial charge >= 0.3 is 5.97 Å². The van der Waals surface area contributed by atoms with E-state index in [1.54, 1.807) is 0 Å². The Morgan fingerprint density at radius 1 is 1.25 bits per heavy atom. The molecule has 3 aromatic heterocycles. The number of ether oxygens (including phenoxy) is 1. The van der Waals surface area contributed by atoms with Crippen LogP contribution in [0.5, 0.6) is 0 Å². The molecular formula is C22H20F2N6O2. The fourth-order valence-corrected chi connectivity index (χ4v) is 5.21. The van der Waals surface area contributed by atoms with Gasteiger partial charge in [-0.2, -0.15) is 10.4 Å². The van der Waals surface area contributed by atoms with Crippen LogP contribution >= 0.6 is 0 Å². The summed E-state index contributed by atoms with van der Waals surface area (Å²) in [6.07, 6.45) is 4.80. The van der Waals surface area contributed by atoms with Crippen LogP contribution < -0.4 is 5.32 Å². The molecule has 3 saturated carbocycles. The number of nitrogens with one attached hydrogen (secondary N) is 2. The van der Waals surface area contributed by atoms with Crippen molar-refractivity contribution in [3.05, 3.63) is 35.5 Å². The van der Waals surface area contributed by atoms with E-state index in [1.165, 1.54) is 13.2 Å². The van der Waals surface area contributed by atoms with E-state index in [1.807, 2.05) is 6.07 Å². The van der Waals surface area contributed by atoms with Crippen LogP contribution in [0.15, 0.2) is 18.3 Å². The number of rotatable bonds is 4. The topological polar surface area (TPSA) is 117 Å². The maximum Gasteiger partial charge on any atom is 0.311 e. The zero-order chi connectivity index (χ0) is 22.4. The van der Waals surface area contributed by atoms with Crippen molar-refractivity contribution in [2.75, 3.05) is 12.4 Å². The van der Waals surface area contributed by atoms with E-state index in [0.29, 0.717) is 5.39 Å². The summed E-state index contributed by atoms with van der Waals surface area (Å²) in [6, 6.07) is 3.92. The van der Waals surface area contributed by atoms with Crippen LogP contribution in [0.2, 0.25) is 0 Å². The smallest absolute Gasteiger partial charge is 0.311 e. The van der Waals surface area contributed by atoms with Gasteiger partial charge < -0.3 is 10.1 Å². The molecular weight excluding hydrogens is 418 g/mol. The Labute approximate surface area is 182 Å². The number of anilines is 1. The minimum Gasteiger partial charge on any atom is -0.469 e. The summed E-state index contributed by atoms with van der Waals surface area (Å²) in [4.78, 5) is 20.8. The molecule has 2 N–H and O–H groups in total. The van der Waals surface area contributed by atoms with Gasteiger partial charge in [-0.05, 0) is 49.7 Å². The van der Waals surface area contributed by atoms with Crippen LogP contribution in [0.4, 0.5) is 14.6 Å². The summed E-state index contributed by atoms with van der Waals surface area (Å²) in [5, 5.41) is 19.8. The van der Waals surface area contributed by atoms with Gasteiger partial charge in [0.15, 0.2) is 17.3 Å². The van der Waals surface area contributed by atoms with Crippen molar-refractivity contribution in [2.24, 2.45) is 17.8 Å². The largest absolute Gasteiger partial charge is 0.469 e. The second kappa shape index (κ2) is 7.82. The fourth-order valence-electron chi connectivity index (χ4n) is 5.21. The molecule has 2 atom stereocenters. The van der Waals surface area contributed by atoms with Crippen LogP contribution in [0.1, 0.15) is 31.2 Å². The number of aromatic amines is 1. The summed E-state index contributed by atoms with van der Waals surface area (Å²) >= 11 is 0. The number of hydrogen-bond donors (Lipinski definition) is 2. The number of pyridine rings is 2. The van der Waals surface area contributed by atoms with Gasteiger partial charge in [0.2, 0.25) is 0 Å². The van der Waals surface area contributed by atoms with Gasteiger partial charge in [0.05, 0.1) is 35.9 Å². The summed E-state index contributed by atoms with van der Waals surface area (Å²) in [5.41, 5.74) is 0.613. The lowest BCUT2D eigenvalue weighted by Crippen LogP contribution is -2.52. The minimum absolute atomic E-state index is 0.0301. The number of fused-ring (bicyclic) bond motifs is 4. The fraction of sp³-hybridized carbons (Fsp3) is 0.409. The SMILES string of the molecule is COC(=O)C1C2CCC(CC2)C1Nc1nc(-c2[nH]nc3ncc(F)cc23)c(C#N)cc1F. The van der Waals surface area contributed by atoms with Gasteiger partial charge in [0, 0.05) is 6.04 Å².